The molecule has 0 amide bonds. The predicted molar refractivity (Wildman–Crippen MR) is 114 cm³/mol. The molecule has 146 valence electrons. The quantitative estimate of drug-likeness (QED) is 0.699. The summed E-state index contributed by atoms with van der Waals surface area (Å²) in [4.78, 5) is 8.51. The molecule has 27 heavy (non-hydrogen) atoms. The zero-order chi connectivity index (χ0) is 19.5. The van der Waals surface area contributed by atoms with Gasteiger partial charge in [-0.2, -0.15) is 0 Å². The molecule has 1 fully saturated rings. The fourth-order valence-corrected chi connectivity index (χ4v) is 3.30. The fourth-order valence-electron chi connectivity index (χ4n) is 3.30. The van der Waals surface area contributed by atoms with Crippen LogP contribution in [0.1, 0.15) is 50.2 Å². The highest BCUT2D eigenvalue weighted by atomic mass is 16.3. The van der Waals surface area contributed by atoms with Crippen LogP contribution in [0.2, 0.25) is 0 Å². The minimum absolute atomic E-state index is 0.234. The van der Waals surface area contributed by atoms with Crippen molar-refractivity contribution in [2.45, 2.75) is 57.6 Å². The van der Waals surface area contributed by atoms with Crippen molar-refractivity contribution in [1.29, 1.82) is 0 Å². The van der Waals surface area contributed by atoms with E-state index in [0.717, 1.165) is 23.6 Å². The van der Waals surface area contributed by atoms with Gasteiger partial charge in [-0.3, -0.25) is 0 Å². The Morgan fingerprint density at radius 1 is 1.15 bits per heavy atom. The van der Waals surface area contributed by atoms with Crippen LogP contribution in [0.15, 0.2) is 43.2 Å². The number of aliphatic hydroxyl groups excluding tert-OH is 1. The smallest absolute Gasteiger partial charge is 0.139 e. The van der Waals surface area contributed by atoms with E-state index in [1.165, 1.54) is 37.7 Å². The highest BCUT2D eigenvalue weighted by Gasteiger charge is 2.15. The Kier molecular flexibility index (Phi) is 8.78. The standard InChI is InChI=1S/C13H20N4.C9H12O/c1-3-11-12(14-2)15-9-16-13(11)17-10-7-5-4-6-8-10;1-8(10)7-9-5-3-2-4-6-9/h3,9-10H,1,4-8H2,2H3,(H2,14,15,16,17);2-6,8,10H,7H2,1H3. The van der Waals surface area contributed by atoms with Crippen LogP contribution in [0, 0.1) is 0 Å². The molecule has 0 bridgehead atoms. The van der Waals surface area contributed by atoms with Crippen molar-refractivity contribution in [3.63, 3.8) is 0 Å². The molecule has 0 saturated heterocycles. The first kappa shape index (κ1) is 20.9. The zero-order valence-electron chi connectivity index (χ0n) is 16.5. The van der Waals surface area contributed by atoms with Gasteiger partial charge in [0.25, 0.3) is 0 Å². The zero-order valence-corrected chi connectivity index (χ0v) is 16.5. The Bertz CT molecular complexity index is 682. The van der Waals surface area contributed by atoms with E-state index in [-0.39, 0.29) is 6.10 Å². The molecule has 5 heteroatoms. The molecule has 1 unspecified atom stereocenters. The third-order valence-corrected chi connectivity index (χ3v) is 4.64. The molecule has 0 radical (unpaired) electrons. The molecule has 1 heterocycles. The fraction of sp³-hybridized carbons (Fsp3) is 0.455. The largest absolute Gasteiger partial charge is 0.393 e. The molecule has 0 aliphatic heterocycles. The molecule has 3 N–H and O–H groups in total. The summed E-state index contributed by atoms with van der Waals surface area (Å²) < 4.78 is 0. The average Bonchev–Trinajstić information content (AvgIpc) is 2.69. The molecular formula is C22H32N4O. The minimum atomic E-state index is -0.234. The number of rotatable bonds is 6. The summed E-state index contributed by atoms with van der Waals surface area (Å²) >= 11 is 0. The number of benzene rings is 1. The molecular weight excluding hydrogens is 336 g/mol. The maximum atomic E-state index is 9.01. The van der Waals surface area contributed by atoms with Crippen LogP contribution in [-0.2, 0) is 6.42 Å². The van der Waals surface area contributed by atoms with Crippen molar-refractivity contribution < 1.29 is 5.11 Å². The van der Waals surface area contributed by atoms with Crippen molar-refractivity contribution in [2.24, 2.45) is 0 Å². The number of aromatic nitrogens is 2. The van der Waals surface area contributed by atoms with Gasteiger partial charge in [-0.1, -0.05) is 62.2 Å². The maximum Gasteiger partial charge on any atom is 0.139 e. The summed E-state index contributed by atoms with van der Waals surface area (Å²) in [6.45, 7) is 5.63. The minimum Gasteiger partial charge on any atom is -0.393 e. The first-order chi connectivity index (χ1) is 13.1. The van der Waals surface area contributed by atoms with Gasteiger partial charge in [-0.15, -0.1) is 0 Å². The van der Waals surface area contributed by atoms with Crippen molar-refractivity contribution >= 4 is 17.7 Å². The van der Waals surface area contributed by atoms with Gasteiger partial charge in [-0.05, 0) is 31.7 Å². The summed E-state index contributed by atoms with van der Waals surface area (Å²) in [5.74, 6) is 1.72. The van der Waals surface area contributed by atoms with Gasteiger partial charge in [0, 0.05) is 13.1 Å². The molecule has 1 atom stereocenters. The van der Waals surface area contributed by atoms with E-state index in [0.29, 0.717) is 6.04 Å². The SMILES string of the molecule is C=Cc1c(NC)ncnc1NC1CCCCC1.CC(O)Cc1ccccc1. The molecule has 1 aliphatic carbocycles. The monoisotopic (exact) mass is 368 g/mol. The lowest BCUT2D eigenvalue weighted by atomic mass is 9.95. The molecule has 1 aliphatic rings. The summed E-state index contributed by atoms with van der Waals surface area (Å²) in [5.41, 5.74) is 2.15. The van der Waals surface area contributed by atoms with Crippen molar-refractivity contribution in [3.05, 3.63) is 54.4 Å². The lowest BCUT2D eigenvalue weighted by molar-refractivity contribution is 0.195. The molecule has 1 saturated carbocycles. The molecule has 1 aromatic heterocycles. The van der Waals surface area contributed by atoms with Crippen molar-refractivity contribution in [3.8, 4) is 0 Å². The Morgan fingerprint density at radius 3 is 2.41 bits per heavy atom. The Balaban J connectivity index is 0.000000223. The van der Waals surface area contributed by atoms with E-state index >= 15 is 0 Å². The van der Waals surface area contributed by atoms with Crippen LogP contribution in [0.25, 0.3) is 6.08 Å². The molecule has 2 aromatic rings. The number of hydrogen-bond acceptors (Lipinski definition) is 5. The van der Waals surface area contributed by atoms with Crippen LogP contribution in [0.3, 0.4) is 0 Å². The first-order valence-electron chi connectivity index (χ1n) is 9.77. The number of nitrogens with one attached hydrogen (secondary N) is 2. The number of anilines is 2. The van der Waals surface area contributed by atoms with Gasteiger partial charge in [0.15, 0.2) is 0 Å². The second-order valence-electron chi connectivity index (χ2n) is 6.96. The Morgan fingerprint density at radius 2 is 1.81 bits per heavy atom. The van der Waals surface area contributed by atoms with Gasteiger partial charge in [0.2, 0.25) is 0 Å². The van der Waals surface area contributed by atoms with Crippen molar-refractivity contribution in [2.75, 3.05) is 17.7 Å². The second-order valence-corrected chi connectivity index (χ2v) is 6.96. The lowest BCUT2D eigenvalue weighted by Gasteiger charge is -2.24. The van der Waals surface area contributed by atoms with E-state index < -0.39 is 0 Å². The topological polar surface area (TPSA) is 70.1 Å². The van der Waals surface area contributed by atoms with Gasteiger partial charge in [0.1, 0.15) is 18.0 Å². The molecule has 3 rings (SSSR count). The summed E-state index contributed by atoms with van der Waals surface area (Å²) in [6, 6.07) is 10.5. The predicted octanol–water partition coefficient (Wildman–Crippen LogP) is 4.52. The van der Waals surface area contributed by atoms with Crippen molar-refractivity contribution in [1.82, 2.24) is 9.97 Å². The summed E-state index contributed by atoms with van der Waals surface area (Å²) in [5, 5.41) is 15.6. The normalized spacial score (nSPS) is 15.2. The Labute approximate surface area is 163 Å². The van der Waals surface area contributed by atoms with Gasteiger partial charge < -0.3 is 15.7 Å². The maximum absolute atomic E-state index is 9.01. The van der Waals surface area contributed by atoms with E-state index in [1.807, 2.05) is 37.4 Å². The highest BCUT2D eigenvalue weighted by molar-refractivity contribution is 5.72. The van der Waals surface area contributed by atoms with Crippen LogP contribution in [0.4, 0.5) is 11.6 Å². The van der Waals surface area contributed by atoms with Gasteiger partial charge in [0.05, 0.1) is 11.7 Å². The third kappa shape index (κ3) is 7.02. The number of aliphatic hydroxyl groups is 1. The number of hydrogen-bond donors (Lipinski definition) is 3. The van der Waals surface area contributed by atoms with Gasteiger partial charge in [-0.25, -0.2) is 9.97 Å². The van der Waals surface area contributed by atoms with E-state index in [9.17, 15) is 0 Å². The van der Waals surface area contributed by atoms with E-state index in [4.69, 9.17) is 5.11 Å². The Hall–Kier alpha value is -2.40. The van der Waals surface area contributed by atoms with Crippen LogP contribution in [-0.4, -0.2) is 34.3 Å². The summed E-state index contributed by atoms with van der Waals surface area (Å²) in [7, 11) is 1.86. The van der Waals surface area contributed by atoms with Crippen LogP contribution in [0.5, 0.6) is 0 Å². The lowest BCUT2D eigenvalue weighted by Crippen LogP contribution is -2.23. The summed E-state index contributed by atoms with van der Waals surface area (Å²) in [6.07, 6.45) is 10.4. The van der Waals surface area contributed by atoms with Gasteiger partial charge >= 0.3 is 0 Å². The molecule has 1 aromatic carbocycles. The average molecular weight is 369 g/mol. The molecule has 0 spiro atoms. The number of nitrogens with zero attached hydrogens (tertiary/aromatic N) is 2. The highest BCUT2D eigenvalue weighted by Crippen LogP contribution is 2.25. The second kappa shape index (κ2) is 11.3. The van der Waals surface area contributed by atoms with E-state index in [1.54, 1.807) is 19.3 Å². The third-order valence-electron chi connectivity index (χ3n) is 4.64. The van der Waals surface area contributed by atoms with Crippen LogP contribution >= 0.6 is 0 Å². The van der Waals surface area contributed by atoms with Crippen LogP contribution < -0.4 is 10.6 Å². The molecule has 5 nitrogen and oxygen atoms in total. The first-order valence-corrected chi connectivity index (χ1v) is 9.77. The van der Waals surface area contributed by atoms with E-state index in [2.05, 4.69) is 27.2 Å².